The van der Waals surface area contributed by atoms with Crippen LogP contribution in [0.15, 0.2) is 24.3 Å². The van der Waals surface area contributed by atoms with Crippen LogP contribution < -0.4 is 5.32 Å². The van der Waals surface area contributed by atoms with Crippen molar-refractivity contribution in [2.75, 3.05) is 19.6 Å². The molecule has 0 spiro atoms. The van der Waals surface area contributed by atoms with E-state index in [1.54, 1.807) is 0 Å². The van der Waals surface area contributed by atoms with Gasteiger partial charge in [0.25, 0.3) is 5.91 Å². The van der Waals surface area contributed by atoms with Crippen molar-refractivity contribution in [1.82, 2.24) is 10.2 Å². The van der Waals surface area contributed by atoms with Gasteiger partial charge >= 0.3 is 0 Å². The number of benzene rings is 1. The Kier molecular flexibility index (Phi) is 4.37. The Labute approximate surface area is 109 Å². The number of carbonyl (C=O) groups excluding carboxylic acids is 1. The summed E-state index contributed by atoms with van der Waals surface area (Å²) in [6.07, 6.45) is 2.26. The summed E-state index contributed by atoms with van der Waals surface area (Å²) >= 11 is 0. The molecule has 1 saturated heterocycles. The van der Waals surface area contributed by atoms with Gasteiger partial charge in [0.15, 0.2) is 0 Å². The molecular weight excluding hydrogens is 224 g/mol. The zero-order valence-corrected chi connectivity index (χ0v) is 11.3. The molecule has 3 heteroatoms. The van der Waals surface area contributed by atoms with E-state index in [0.717, 1.165) is 43.6 Å². The zero-order valence-electron chi connectivity index (χ0n) is 11.3. The zero-order chi connectivity index (χ0) is 13.0. The highest BCUT2D eigenvalue weighted by molar-refractivity contribution is 5.94. The van der Waals surface area contributed by atoms with Crippen LogP contribution in [-0.4, -0.2) is 36.5 Å². The lowest BCUT2D eigenvalue weighted by Crippen LogP contribution is -2.48. The topological polar surface area (TPSA) is 32.3 Å². The molecule has 1 N–H and O–H groups in total. The van der Waals surface area contributed by atoms with Gasteiger partial charge in [0.1, 0.15) is 0 Å². The first-order valence-electron chi connectivity index (χ1n) is 6.80. The highest BCUT2D eigenvalue weighted by atomic mass is 16.2. The quantitative estimate of drug-likeness (QED) is 0.887. The average molecular weight is 246 g/mol. The third kappa shape index (κ3) is 2.91. The maximum Gasteiger partial charge on any atom is 0.254 e. The molecule has 1 aromatic carbocycles. The van der Waals surface area contributed by atoms with E-state index < -0.39 is 0 Å². The van der Waals surface area contributed by atoms with Crippen LogP contribution in [0.2, 0.25) is 0 Å². The average Bonchev–Trinajstić information content (AvgIpc) is 2.41. The summed E-state index contributed by atoms with van der Waals surface area (Å²) in [4.78, 5) is 14.5. The fraction of sp³-hybridized carbons (Fsp3) is 0.533. The van der Waals surface area contributed by atoms with Gasteiger partial charge in [-0.15, -0.1) is 0 Å². The molecule has 1 unspecified atom stereocenters. The summed E-state index contributed by atoms with van der Waals surface area (Å²) in [5.74, 6) is 0.162. The summed E-state index contributed by atoms with van der Waals surface area (Å²) in [5, 5.41) is 3.37. The summed E-state index contributed by atoms with van der Waals surface area (Å²) in [6.45, 7) is 6.86. The molecule has 0 saturated carbocycles. The van der Waals surface area contributed by atoms with Gasteiger partial charge in [-0.1, -0.05) is 17.7 Å². The van der Waals surface area contributed by atoms with E-state index in [0.29, 0.717) is 6.04 Å². The number of rotatable bonds is 3. The Bertz CT molecular complexity index is 411. The van der Waals surface area contributed by atoms with E-state index in [4.69, 9.17) is 0 Å². The molecule has 0 aliphatic carbocycles. The maximum absolute atomic E-state index is 12.5. The van der Waals surface area contributed by atoms with Crippen molar-refractivity contribution in [3.63, 3.8) is 0 Å². The number of carbonyl (C=O) groups is 1. The lowest BCUT2D eigenvalue weighted by atomic mass is 10.0. The third-order valence-electron chi connectivity index (χ3n) is 3.58. The standard InChI is InChI=1S/C15H22N2O/c1-3-17(14-8-5-9-16-11-14)15(18)13-7-4-6-12(2)10-13/h4,6-7,10,14,16H,3,5,8-9,11H2,1-2H3. The van der Waals surface area contributed by atoms with Gasteiger partial charge in [0.2, 0.25) is 0 Å². The maximum atomic E-state index is 12.5. The molecule has 1 amide bonds. The van der Waals surface area contributed by atoms with Gasteiger partial charge in [-0.25, -0.2) is 0 Å². The lowest BCUT2D eigenvalue weighted by molar-refractivity contribution is 0.0662. The van der Waals surface area contributed by atoms with Crippen LogP contribution in [-0.2, 0) is 0 Å². The first kappa shape index (κ1) is 13.1. The van der Waals surface area contributed by atoms with Crippen molar-refractivity contribution in [2.45, 2.75) is 32.7 Å². The monoisotopic (exact) mass is 246 g/mol. The van der Waals surface area contributed by atoms with Crippen LogP contribution >= 0.6 is 0 Å². The van der Waals surface area contributed by atoms with E-state index in [1.165, 1.54) is 0 Å². The van der Waals surface area contributed by atoms with Crippen LogP contribution in [0, 0.1) is 6.92 Å². The Morgan fingerprint density at radius 1 is 1.50 bits per heavy atom. The number of amides is 1. The van der Waals surface area contributed by atoms with Crippen molar-refractivity contribution in [1.29, 1.82) is 0 Å². The molecule has 1 heterocycles. The summed E-state index contributed by atoms with van der Waals surface area (Å²) < 4.78 is 0. The van der Waals surface area contributed by atoms with Crippen molar-refractivity contribution < 1.29 is 4.79 Å². The predicted octanol–water partition coefficient (Wildman–Crippen LogP) is 2.21. The number of aryl methyl sites for hydroxylation is 1. The number of likely N-dealkylation sites (N-methyl/N-ethyl adjacent to an activating group) is 1. The Hall–Kier alpha value is -1.35. The van der Waals surface area contributed by atoms with Gasteiger partial charge in [-0.05, 0) is 45.4 Å². The molecule has 1 aliphatic rings. The number of nitrogens with zero attached hydrogens (tertiary/aromatic N) is 1. The van der Waals surface area contributed by atoms with E-state index in [2.05, 4.69) is 12.2 Å². The minimum atomic E-state index is 0.162. The third-order valence-corrected chi connectivity index (χ3v) is 3.58. The largest absolute Gasteiger partial charge is 0.335 e. The highest BCUT2D eigenvalue weighted by Crippen LogP contribution is 2.15. The van der Waals surface area contributed by atoms with Crippen LogP contribution in [0.3, 0.4) is 0 Å². The lowest BCUT2D eigenvalue weighted by Gasteiger charge is -2.34. The molecule has 1 aromatic rings. The number of hydrogen-bond donors (Lipinski definition) is 1. The molecule has 2 rings (SSSR count). The Balaban J connectivity index is 2.14. The predicted molar refractivity (Wildman–Crippen MR) is 73.8 cm³/mol. The van der Waals surface area contributed by atoms with Crippen LogP contribution in [0.25, 0.3) is 0 Å². The smallest absolute Gasteiger partial charge is 0.254 e. The Morgan fingerprint density at radius 3 is 2.94 bits per heavy atom. The second-order valence-electron chi connectivity index (χ2n) is 4.96. The molecular formula is C15H22N2O. The van der Waals surface area contributed by atoms with Gasteiger partial charge in [-0.2, -0.15) is 0 Å². The van der Waals surface area contributed by atoms with E-state index in [9.17, 15) is 4.79 Å². The molecule has 1 atom stereocenters. The second-order valence-corrected chi connectivity index (χ2v) is 4.96. The molecule has 1 aliphatic heterocycles. The first-order valence-corrected chi connectivity index (χ1v) is 6.80. The number of piperidine rings is 1. The van der Waals surface area contributed by atoms with Crippen molar-refractivity contribution in [3.8, 4) is 0 Å². The molecule has 98 valence electrons. The van der Waals surface area contributed by atoms with E-state index >= 15 is 0 Å². The van der Waals surface area contributed by atoms with Gasteiger partial charge in [-0.3, -0.25) is 4.79 Å². The molecule has 18 heavy (non-hydrogen) atoms. The van der Waals surface area contributed by atoms with Gasteiger partial charge in [0.05, 0.1) is 0 Å². The van der Waals surface area contributed by atoms with Crippen molar-refractivity contribution in [3.05, 3.63) is 35.4 Å². The van der Waals surface area contributed by atoms with Crippen molar-refractivity contribution >= 4 is 5.91 Å². The SMILES string of the molecule is CCN(C(=O)c1cccc(C)c1)C1CCCNC1. The van der Waals surface area contributed by atoms with Gasteiger partial charge < -0.3 is 10.2 Å². The number of hydrogen-bond acceptors (Lipinski definition) is 2. The van der Waals surface area contributed by atoms with Crippen LogP contribution in [0.5, 0.6) is 0 Å². The van der Waals surface area contributed by atoms with Gasteiger partial charge in [0, 0.05) is 24.7 Å². The van der Waals surface area contributed by atoms with E-state index in [1.807, 2.05) is 36.1 Å². The Morgan fingerprint density at radius 2 is 2.33 bits per heavy atom. The number of nitrogens with one attached hydrogen (secondary N) is 1. The van der Waals surface area contributed by atoms with Crippen LogP contribution in [0.1, 0.15) is 35.7 Å². The molecule has 0 bridgehead atoms. The van der Waals surface area contributed by atoms with Crippen LogP contribution in [0.4, 0.5) is 0 Å². The summed E-state index contributed by atoms with van der Waals surface area (Å²) in [7, 11) is 0. The van der Waals surface area contributed by atoms with E-state index in [-0.39, 0.29) is 5.91 Å². The summed E-state index contributed by atoms with van der Waals surface area (Å²) in [5.41, 5.74) is 1.95. The molecule has 0 aromatic heterocycles. The fourth-order valence-electron chi connectivity index (χ4n) is 2.61. The fourth-order valence-corrected chi connectivity index (χ4v) is 2.61. The first-order chi connectivity index (χ1) is 8.72. The minimum Gasteiger partial charge on any atom is -0.335 e. The second kappa shape index (κ2) is 6.01. The molecule has 0 radical (unpaired) electrons. The summed E-state index contributed by atoms with van der Waals surface area (Å²) in [6, 6.07) is 8.21. The minimum absolute atomic E-state index is 0.162. The highest BCUT2D eigenvalue weighted by Gasteiger charge is 2.24. The molecule has 3 nitrogen and oxygen atoms in total. The molecule has 1 fully saturated rings. The normalized spacial score (nSPS) is 19.6. The van der Waals surface area contributed by atoms with Crippen molar-refractivity contribution in [2.24, 2.45) is 0 Å².